The second-order valence-corrected chi connectivity index (χ2v) is 9.10. The maximum Gasteiger partial charge on any atom is 0.306 e. The number of benzene rings is 2. The first kappa shape index (κ1) is 24.0. The zero-order valence-electron chi connectivity index (χ0n) is 18.2. The largest absolute Gasteiger partial charge is 0.466 e. The molecule has 1 fully saturated rings. The van der Waals surface area contributed by atoms with Crippen molar-refractivity contribution in [2.75, 3.05) is 19.8 Å². The molecule has 0 radical (unpaired) electrons. The molecule has 3 atom stereocenters. The van der Waals surface area contributed by atoms with E-state index in [1.54, 1.807) is 6.92 Å². The average molecular weight is 495 g/mol. The van der Waals surface area contributed by atoms with E-state index in [-0.39, 0.29) is 37.4 Å². The quantitative estimate of drug-likeness (QED) is 0.495. The van der Waals surface area contributed by atoms with Crippen LogP contribution in [0.5, 0.6) is 0 Å². The Morgan fingerprint density at radius 2 is 1.84 bits per heavy atom. The Balaban J connectivity index is 2.05. The standard InChI is InChI=1S/C26H27BrN2O3/c1-2-32-24(30)14-22-16-31-15-21(19-7-4-3-5-8-19)11-12-26(17-28,18-29)25(22)20-9-6-10-23(27)13-20/h3-10,13,21-22,25H,2,11-12,14-16H2,1H3. The van der Waals surface area contributed by atoms with Crippen LogP contribution >= 0.6 is 15.9 Å². The molecule has 0 N–H and O–H groups in total. The number of nitrogens with zero attached hydrogens (tertiary/aromatic N) is 2. The van der Waals surface area contributed by atoms with Crippen molar-refractivity contribution in [3.05, 3.63) is 70.2 Å². The van der Waals surface area contributed by atoms with Crippen LogP contribution in [0.3, 0.4) is 0 Å². The van der Waals surface area contributed by atoms with Gasteiger partial charge in [0.25, 0.3) is 0 Å². The van der Waals surface area contributed by atoms with Crippen molar-refractivity contribution < 1.29 is 14.3 Å². The molecule has 166 valence electrons. The van der Waals surface area contributed by atoms with Gasteiger partial charge in [-0.15, -0.1) is 0 Å². The van der Waals surface area contributed by atoms with E-state index in [9.17, 15) is 15.3 Å². The van der Waals surface area contributed by atoms with Crippen LogP contribution < -0.4 is 0 Å². The third-order valence-corrected chi connectivity index (χ3v) is 6.65. The Morgan fingerprint density at radius 3 is 2.50 bits per heavy atom. The molecule has 6 heteroatoms. The molecule has 1 saturated heterocycles. The number of nitriles is 2. The summed E-state index contributed by atoms with van der Waals surface area (Å²) in [6, 6.07) is 22.4. The summed E-state index contributed by atoms with van der Waals surface area (Å²) in [4.78, 5) is 12.5. The van der Waals surface area contributed by atoms with Crippen LogP contribution in [0.1, 0.15) is 49.1 Å². The summed E-state index contributed by atoms with van der Waals surface area (Å²) in [5.74, 6) is -1.13. The molecule has 0 bridgehead atoms. The van der Waals surface area contributed by atoms with Gasteiger partial charge in [0.2, 0.25) is 0 Å². The number of hydrogen-bond donors (Lipinski definition) is 0. The molecule has 0 aromatic heterocycles. The zero-order valence-corrected chi connectivity index (χ0v) is 19.8. The number of esters is 1. The number of rotatable bonds is 5. The Bertz CT molecular complexity index is 982. The summed E-state index contributed by atoms with van der Waals surface area (Å²) in [6.07, 6.45) is 1.12. The molecule has 1 heterocycles. The van der Waals surface area contributed by atoms with Crippen LogP contribution in [0.25, 0.3) is 0 Å². The van der Waals surface area contributed by atoms with Crippen LogP contribution in [0.2, 0.25) is 0 Å². The molecule has 0 saturated carbocycles. The summed E-state index contributed by atoms with van der Waals surface area (Å²) >= 11 is 3.51. The molecule has 0 amide bonds. The van der Waals surface area contributed by atoms with Gasteiger partial charge in [0.1, 0.15) is 0 Å². The van der Waals surface area contributed by atoms with Crippen LogP contribution in [-0.2, 0) is 14.3 Å². The van der Waals surface area contributed by atoms with E-state index in [0.717, 1.165) is 15.6 Å². The maximum absolute atomic E-state index is 12.5. The van der Waals surface area contributed by atoms with Crippen molar-refractivity contribution in [2.45, 2.75) is 38.0 Å². The SMILES string of the molecule is CCOC(=O)CC1COCC(c2ccccc2)CCC(C#N)(C#N)C1c1cccc(Br)c1. The summed E-state index contributed by atoms with van der Waals surface area (Å²) in [6.45, 7) is 2.79. The summed E-state index contributed by atoms with van der Waals surface area (Å²) in [5.41, 5.74) is 0.678. The van der Waals surface area contributed by atoms with Crippen molar-refractivity contribution in [1.29, 1.82) is 10.5 Å². The molecule has 1 aliphatic rings. The molecule has 0 spiro atoms. The second-order valence-electron chi connectivity index (χ2n) is 8.18. The molecular weight excluding hydrogens is 468 g/mol. The normalized spacial score (nSPS) is 22.9. The van der Waals surface area contributed by atoms with E-state index >= 15 is 0 Å². The van der Waals surface area contributed by atoms with Gasteiger partial charge >= 0.3 is 5.97 Å². The van der Waals surface area contributed by atoms with Gasteiger partial charge in [0.05, 0.1) is 38.4 Å². The van der Waals surface area contributed by atoms with Crippen LogP contribution in [0.4, 0.5) is 0 Å². The summed E-state index contributed by atoms with van der Waals surface area (Å²) in [7, 11) is 0. The van der Waals surface area contributed by atoms with E-state index < -0.39 is 11.3 Å². The van der Waals surface area contributed by atoms with E-state index in [1.165, 1.54) is 0 Å². The fourth-order valence-electron chi connectivity index (χ4n) is 4.63. The van der Waals surface area contributed by atoms with Gasteiger partial charge in [-0.05, 0) is 43.0 Å². The highest BCUT2D eigenvalue weighted by Gasteiger charge is 2.46. The Labute approximate surface area is 198 Å². The lowest BCUT2D eigenvalue weighted by molar-refractivity contribution is -0.145. The topological polar surface area (TPSA) is 83.1 Å². The Morgan fingerprint density at radius 1 is 1.12 bits per heavy atom. The van der Waals surface area contributed by atoms with Crippen LogP contribution in [-0.4, -0.2) is 25.8 Å². The first-order valence-electron chi connectivity index (χ1n) is 10.9. The minimum absolute atomic E-state index is 0.0711. The zero-order chi connectivity index (χ0) is 23.0. The number of hydrogen-bond acceptors (Lipinski definition) is 5. The van der Waals surface area contributed by atoms with E-state index in [0.29, 0.717) is 19.4 Å². The van der Waals surface area contributed by atoms with E-state index in [4.69, 9.17) is 9.47 Å². The smallest absolute Gasteiger partial charge is 0.306 e. The number of carbonyl (C=O) groups excluding carboxylic acids is 1. The second kappa shape index (κ2) is 11.3. The molecule has 2 aromatic carbocycles. The highest BCUT2D eigenvalue weighted by molar-refractivity contribution is 9.10. The first-order valence-corrected chi connectivity index (χ1v) is 11.7. The maximum atomic E-state index is 12.5. The third-order valence-electron chi connectivity index (χ3n) is 6.15. The molecule has 3 unspecified atom stereocenters. The van der Waals surface area contributed by atoms with Crippen LogP contribution in [0, 0.1) is 34.0 Å². The van der Waals surface area contributed by atoms with Gasteiger partial charge in [0.15, 0.2) is 5.41 Å². The third kappa shape index (κ3) is 5.57. The molecule has 2 aromatic rings. The van der Waals surface area contributed by atoms with E-state index in [1.807, 2.05) is 54.6 Å². The predicted octanol–water partition coefficient (Wildman–Crippen LogP) is 5.73. The number of halogens is 1. The van der Waals surface area contributed by atoms with Crippen molar-refractivity contribution >= 4 is 21.9 Å². The molecule has 32 heavy (non-hydrogen) atoms. The highest BCUT2D eigenvalue weighted by Crippen LogP contribution is 2.48. The summed E-state index contributed by atoms with van der Waals surface area (Å²) < 4.78 is 12.2. The average Bonchev–Trinajstić information content (AvgIpc) is 2.87. The molecule has 5 nitrogen and oxygen atoms in total. The number of ether oxygens (including phenoxy) is 2. The highest BCUT2D eigenvalue weighted by atomic mass is 79.9. The van der Waals surface area contributed by atoms with Gasteiger partial charge < -0.3 is 9.47 Å². The van der Waals surface area contributed by atoms with Gasteiger partial charge in [0, 0.05) is 22.2 Å². The fraction of sp³-hybridized carbons (Fsp3) is 0.423. The Hall–Kier alpha value is -2.67. The fourth-order valence-corrected chi connectivity index (χ4v) is 5.05. The molecular formula is C26H27BrN2O3. The van der Waals surface area contributed by atoms with Gasteiger partial charge in [-0.25, -0.2) is 0 Å². The monoisotopic (exact) mass is 494 g/mol. The van der Waals surface area contributed by atoms with E-state index in [2.05, 4.69) is 28.1 Å². The van der Waals surface area contributed by atoms with Crippen molar-refractivity contribution in [1.82, 2.24) is 0 Å². The van der Waals surface area contributed by atoms with Crippen molar-refractivity contribution in [3.63, 3.8) is 0 Å². The summed E-state index contributed by atoms with van der Waals surface area (Å²) in [5, 5.41) is 20.6. The van der Waals surface area contributed by atoms with Crippen molar-refractivity contribution in [3.8, 4) is 12.1 Å². The van der Waals surface area contributed by atoms with Crippen molar-refractivity contribution in [2.24, 2.45) is 11.3 Å². The van der Waals surface area contributed by atoms with Gasteiger partial charge in [-0.1, -0.05) is 58.4 Å². The minimum Gasteiger partial charge on any atom is -0.466 e. The predicted molar refractivity (Wildman–Crippen MR) is 125 cm³/mol. The lowest BCUT2D eigenvalue weighted by Crippen LogP contribution is -2.35. The molecule has 3 rings (SSSR count). The minimum atomic E-state index is -1.29. The lowest BCUT2D eigenvalue weighted by Gasteiger charge is -2.35. The molecule has 0 aliphatic carbocycles. The lowest BCUT2D eigenvalue weighted by atomic mass is 9.64. The number of carbonyl (C=O) groups is 1. The first-order chi connectivity index (χ1) is 15.5. The van der Waals surface area contributed by atoms with Crippen LogP contribution in [0.15, 0.2) is 59.1 Å². The Kier molecular flexibility index (Phi) is 8.45. The van der Waals surface area contributed by atoms with Gasteiger partial charge in [-0.3, -0.25) is 4.79 Å². The molecule has 1 aliphatic heterocycles. The van der Waals surface area contributed by atoms with Gasteiger partial charge in [-0.2, -0.15) is 10.5 Å².